The lowest BCUT2D eigenvalue weighted by molar-refractivity contribution is 0.0842. The Labute approximate surface area is 103 Å². The molecule has 1 aliphatic rings. The minimum absolute atomic E-state index is 0.0130. The third-order valence-electron chi connectivity index (χ3n) is 2.96. The average molecular weight is 287 g/mol. The van der Waals surface area contributed by atoms with Crippen molar-refractivity contribution in [2.24, 2.45) is 0 Å². The van der Waals surface area contributed by atoms with Gasteiger partial charge in [0.1, 0.15) is 4.47 Å². The first-order valence-electron chi connectivity index (χ1n) is 5.56. The van der Waals surface area contributed by atoms with E-state index in [2.05, 4.69) is 20.9 Å². The van der Waals surface area contributed by atoms with Crippen molar-refractivity contribution in [3.05, 3.63) is 26.8 Å². The molecule has 88 valence electrons. The third-order valence-corrected chi connectivity index (χ3v) is 3.70. The average Bonchev–Trinajstić information content (AvgIpc) is 2.34. The van der Waals surface area contributed by atoms with Crippen molar-refractivity contribution in [2.45, 2.75) is 32.2 Å². The van der Waals surface area contributed by atoms with Gasteiger partial charge >= 0.3 is 0 Å². The molecule has 1 aliphatic heterocycles. The lowest BCUT2D eigenvalue weighted by Gasteiger charge is -2.22. The SMILES string of the molecule is CCn1cnc(C2CCOCC2)c(Br)c1=O. The molecule has 0 radical (unpaired) electrons. The van der Waals surface area contributed by atoms with Gasteiger partial charge in [0.05, 0.1) is 12.0 Å². The van der Waals surface area contributed by atoms with E-state index in [0.29, 0.717) is 16.9 Å². The standard InChI is InChI=1S/C11H15BrN2O2/c1-2-14-7-13-10(9(12)11(14)15)8-3-5-16-6-4-8/h7-8H,2-6H2,1H3. The summed E-state index contributed by atoms with van der Waals surface area (Å²) in [5, 5.41) is 0. The third kappa shape index (κ3) is 2.20. The van der Waals surface area contributed by atoms with E-state index in [1.807, 2.05) is 6.92 Å². The number of ether oxygens (including phenoxy) is 1. The second-order valence-electron chi connectivity index (χ2n) is 3.92. The van der Waals surface area contributed by atoms with Crippen molar-refractivity contribution in [3.63, 3.8) is 0 Å². The van der Waals surface area contributed by atoms with Gasteiger partial charge < -0.3 is 4.74 Å². The molecule has 0 aliphatic carbocycles. The molecule has 1 fully saturated rings. The zero-order valence-electron chi connectivity index (χ0n) is 9.28. The Morgan fingerprint density at radius 2 is 2.25 bits per heavy atom. The molecule has 0 aromatic carbocycles. The van der Waals surface area contributed by atoms with E-state index in [4.69, 9.17) is 4.74 Å². The first kappa shape index (κ1) is 11.8. The van der Waals surface area contributed by atoms with E-state index < -0.39 is 0 Å². The van der Waals surface area contributed by atoms with E-state index in [1.165, 1.54) is 0 Å². The Hall–Kier alpha value is -0.680. The lowest BCUT2D eigenvalue weighted by atomic mass is 9.96. The van der Waals surface area contributed by atoms with Crippen LogP contribution in [0.25, 0.3) is 0 Å². The van der Waals surface area contributed by atoms with Gasteiger partial charge in [0.15, 0.2) is 0 Å². The molecular weight excluding hydrogens is 272 g/mol. The number of halogens is 1. The Bertz CT molecular complexity index is 424. The Balaban J connectivity index is 2.34. The summed E-state index contributed by atoms with van der Waals surface area (Å²) in [4.78, 5) is 16.3. The maximum absolute atomic E-state index is 11.9. The fourth-order valence-corrected chi connectivity index (χ4v) is 2.61. The number of rotatable bonds is 2. The van der Waals surface area contributed by atoms with E-state index in [-0.39, 0.29) is 5.56 Å². The molecule has 2 heterocycles. The van der Waals surface area contributed by atoms with Crippen LogP contribution in [-0.2, 0) is 11.3 Å². The molecule has 0 atom stereocenters. The Morgan fingerprint density at radius 3 is 2.88 bits per heavy atom. The highest BCUT2D eigenvalue weighted by Crippen LogP contribution is 2.28. The van der Waals surface area contributed by atoms with Gasteiger partial charge in [-0.3, -0.25) is 9.36 Å². The van der Waals surface area contributed by atoms with Crippen molar-refractivity contribution in [1.82, 2.24) is 9.55 Å². The fourth-order valence-electron chi connectivity index (χ4n) is 1.96. The zero-order valence-corrected chi connectivity index (χ0v) is 10.9. The van der Waals surface area contributed by atoms with Crippen LogP contribution in [0.5, 0.6) is 0 Å². The first-order valence-corrected chi connectivity index (χ1v) is 6.36. The number of aromatic nitrogens is 2. The highest BCUT2D eigenvalue weighted by atomic mass is 79.9. The highest BCUT2D eigenvalue weighted by molar-refractivity contribution is 9.10. The van der Waals surface area contributed by atoms with Crippen LogP contribution in [-0.4, -0.2) is 22.8 Å². The van der Waals surface area contributed by atoms with Gasteiger partial charge in [-0.2, -0.15) is 0 Å². The van der Waals surface area contributed by atoms with Gasteiger partial charge in [-0.1, -0.05) is 0 Å². The van der Waals surface area contributed by atoms with Crippen molar-refractivity contribution in [3.8, 4) is 0 Å². The summed E-state index contributed by atoms with van der Waals surface area (Å²) in [6, 6.07) is 0. The molecule has 4 nitrogen and oxygen atoms in total. The lowest BCUT2D eigenvalue weighted by Crippen LogP contribution is -2.25. The van der Waals surface area contributed by atoms with Crippen LogP contribution in [0, 0.1) is 0 Å². The van der Waals surface area contributed by atoms with Crippen LogP contribution in [0.15, 0.2) is 15.6 Å². The number of hydrogen-bond acceptors (Lipinski definition) is 3. The minimum atomic E-state index is 0.0130. The summed E-state index contributed by atoms with van der Waals surface area (Å²) >= 11 is 3.37. The van der Waals surface area contributed by atoms with Crippen LogP contribution in [0.2, 0.25) is 0 Å². The largest absolute Gasteiger partial charge is 0.381 e. The van der Waals surface area contributed by atoms with Crippen LogP contribution < -0.4 is 5.56 Å². The van der Waals surface area contributed by atoms with Crippen LogP contribution in [0.4, 0.5) is 0 Å². The summed E-state index contributed by atoms with van der Waals surface area (Å²) in [6.07, 6.45) is 3.53. The topological polar surface area (TPSA) is 44.1 Å². The highest BCUT2D eigenvalue weighted by Gasteiger charge is 2.21. The molecule has 0 bridgehead atoms. The summed E-state index contributed by atoms with van der Waals surface area (Å²) in [5.74, 6) is 0.349. The van der Waals surface area contributed by atoms with E-state index in [0.717, 1.165) is 31.7 Å². The van der Waals surface area contributed by atoms with Crippen molar-refractivity contribution in [1.29, 1.82) is 0 Å². The molecule has 0 N–H and O–H groups in total. The van der Waals surface area contributed by atoms with Gasteiger partial charge in [-0.05, 0) is 35.7 Å². The molecule has 2 rings (SSSR count). The van der Waals surface area contributed by atoms with Crippen molar-refractivity contribution < 1.29 is 4.74 Å². The Kier molecular flexibility index (Phi) is 3.76. The maximum atomic E-state index is 11.9. The van der Waals surface area contributed by atoms with Gasteiger partial charge in [0.2, 0.25) is 0 Å². The van der Waals surface area contributed by atoms with E-state index >= 15 is 0 Å². The summed E-state index contributed by atoms with van der Waals surface area (Å²) in [6.45, 7) is 4.10. The smallest absolute Gasteiger partial charge is 0.267 e. The zero-order chi connectivity index (χ0) is 11.5. The van der Waals surface area contributed by atoms with Crippen LogP contribution in [0.3, 0.4) is 0 Å². The van der Waals surface area contributed by atoms with Gasteiger partial charge in [-0.25, -0.2) is 4.98 Å². The molecule has 5 heteroatoms. The predicted molar refractivity (Wildman–Crippen MR) is 64.7 cm³/mol. The molecule has 0 unspecified atom stereocenters. The van der Waals surface area contributed by atoms with Crippen LogP contribution >= 0.6 is 15.9 Å². The first-order chi connectivity index (χ1) is 7.74. The Morgan fingerprint density at radius 1 is 1.56 bits per heavy atom. The van der Waals surface area contributed by atoms with Crippen molar-refractivity contribution in [2.75, 3.05) is 13.2 Å². The number of nitrogens with zero attached hydrogens (tertiary/aromatic N) is 2. The second-order valence-corrected chi connectivity index (χ2v) is 4.71. The summed E-state index contributed by atoms with van der Waals surface area (Å²) < 4.78 is 7.53. The van der Waals surface area contributed by atoms with E-state index in [1.54, 1.807) is 10.9 Å². The molecule has 1 aromatic rings. The number of aryl methyl sites for hydroxylation is 1. The molecule has 0 amide bonds. The maximum Gasteiger partial charge on any atom is 0.267 e. The molecule has 1 aromatic heterocycles. The van der Waals surface area contributed by atoms with Gasteiger partial charge in [0, 0.05) is 25.7 Å². The molecule has 16 heavy (non-hydrogen) atoms. The quantitative estimate of drug-likeness (QED) is 0.834. The fraction of sp³-hybridized carbons (Fsp3) is 0.636. The minimum Gasteiger partial charge on any atom is -0.381 e. The van der Waals surface area contributed by atoms with Gasteiger partial charge in [0.25, 0.3) is 5.56 Å². The van der Waals surface area contributed by atoms with Crippen molar-refractivity contribution >= 4 is 15.9 Å². The predicted octanol–water partition coefficient (Wildman–Crippen LogP) is 1.92. The van der Waals surface area contributed by atoms with Crippen LogP contribution in [0.1, 0.15) is 31.4 Å². The van der Waals surface area contributed by atoms with E-state index in [9.17, 15) is 4.79 Å². The monoisotopic (exact) mass is 286 g/mol. The normalized spacial score (nSPS) is 17.6. The summed E-state index contributed by atoms with van der Waals surface area (Å²) in [7, 11) is 0. The molecule has 1 saturated heterocycles. The molecule has 0 spiro atoms. The molecule has 0 saturated carbocycles. The second kappa shape index (κ2) is 5.10. The van der Waals surface area contributed by atoms with Gasteiger partial charge in [-0.15, -0.1) is 0 Å². The number of hydrogen-bond donors (Lipinski definition) is 0. The molecular formula is C11H15BrN2O2. The summed E-state index contributed by atoms with van der Waals surface area (Å²) in [5.41, 5.74) is 0.900.